The van der Waals surface area contributed by atoms with E-state index in [0.717, 1.165) is 23.1 Å². The molecule has 1 aromatic heterocycles. The molecule has 0 saturated heterocycles. The average molecular weight is 269 g/mol. The number of anilines is 1. The van der Waals surface area contributed by atoms with Gasteiger partial charge in [-0.25, -0.2) is 0 Å². The van der Waals surface area contributed by atoms with E-state index in [4.69, 9.17) is 17.3 Å². The molecule has 0 aliphatic heterocycles. The maximum Gasteiger partial charge on any atom is 0.203 e. The highest BCUT2D eigenvalue weighted by Crippen LogP contribution is 2.15. The van der Waals surface area contributed by atoms with Crippen molar-refractivity contribution < 1.29 is 0 Å². The van der Waals surface area contributed by atoms with E-state index < -0.39 is 0 Å². The lowest BCUT2D eigenvalue weighted by atomic mass is 10.2. The van der Waals surface area contributed by atoms with Gasteiger partial charge in [-0.3, -0.25) is 4.90 Å². The summed E-state index contributed by atoms with van der Waals surface area (Å²) in [7, 11) is 2.03. The largest absolute Gasteiger partial charge is 0.374 e. The van der Waals surface area contributed by atoms with Crippen LogP contribution in [0.25, 0.3) is 0 Å². The van der Waals surface area contributed by atoms with E-state index in [2.05, 4.69) is 15.1 Å². The second-order valence-corrected chi connectivity index (χ2v) is 5.36. The first kappa shape index (κ1) is 12.3. The van der Waals surface area contributed by atoms with E-state index in [9.17, 15) is 0 Å². The Balaban J connectivity index is 1.93. The Morgan fingerprint density at radius 3 is 2.53 bits per heavy atom. The zero-order chi connectivity index (χ0) is 12.3. The summed E-state index contributed by atoms with van der Waals surface area (Å²) in [5.41, 5.74) is 6.75. The van der Waals surface area contributed by atoms with Gasteiger partial charge in [0.25, 0.3) is 0 Å². The van der Waals surface area contributed by atoms with Gasteiger partial charge in [0.15, 0.2) is 0 Å². The van der Waals surface area contributed by atoms with E-state index in [0.29, 0.717) is 5.13 Å². The summed E-state index contributed by atoms with van der Waals surface area (Å²) >= 11 is 7.26. The number of aromatic nitrogens is 2. The molecule has 0 saturated carbocycles. The van der Waals surface area contributed by atoms with Crippen LogP contribution in [0.5, 0.6) is 0 Å². The number of benzene rings is 1. The Bertz CT molecular complexity index is 482. The molecule has 0 atom stereocenters. The Morgan fingerprint density at radius 1 is 1.24 bits per heavy atom. The SMILES string of the molecule is CN(Cc1ccc(Cl)cc1)Cc1nnc(N)s1. The summed E-state index contributed by atoms with van der Waals surface area (Å²) < 4.78 is 0. The Labute approximate surface area is 109 Å². The summed E-state index contributed by atoms with van der Waals surface area (Å²) in [5.74, 6) is 0. The van der Waals surface area contributed by atoms with Gasteiger partial charge in [-0.2, -0.15) is 0 Å². The molecule has 0 radical (unpaired) electrons. The second-order valence-electron chi connectivity index (χ2n) is 3.83. The van der Waals surface area contributed by atoms with E-state index in [1.807, 2.05) is 31.3 Å². The monoisotopic (exact) mass is 268 g/mol. The van der Waals surface area contributed by atoms with Crippen LogP contribution in [0.2, 0.25) is 5.02 Å². The van der Waals surface area contributed by atoms with Gasteiger partial charge < -0.3 is 5.73 Å². The number of hydrogen-bond donors (Lipinski definition) is 1. The highest BCUT2D eigenvalue weighted by atomic mass is 35.5. The summed E-state index contributed by atoms with van der Waals surface area (Å²) in [6.45, 7) is 1.59. The summed E-state index contributed by atoms with van der Waals surface area (Å²) in [6.07, 6.45) is 0. The second kappa shape index (κ2) is 5.44. The summed E-state index contributed by atoms with van der Waals surface area (Å²) in [4.78, 5) is 2.16. The van der Waals surface area contributed by atoms with Crippen molar-refractivity contribution in [2.45, 2.75) is 13.1 Å². The van der Waals surface area contributed by atoms with Gasteiger partial charge in [-0.1, -0.05) is 35.1 Å². The molecule has 6 heteroatoms. The maximum atomic E-state index is 5.84. The van der Waals surface area contributed by atoms with E-state index in [-0.39, 0.29) is 0 Å². The lowest BCUT2D eigenvalue weighted by Crippen LogP contribution is -2.17. The van der Waals surface area contributed by atoms with Crippen LogP contribution in [0.15, 0.2) is 24.3 Å². The van der Waals surface area contributed by atoms with Crippen molar-refractivity contribution in [3.8, 4) is 0 Å². The van der Waals surface area contributed by atoms with Crippen molar-refractivity contribution in [3.05, 3.63) is 39.9 Å². The van der Waals surface area contributed by atoms with Crippen LogP contribution in [0.4, 0.5) is 5.13 Å². The fourth-order valence-electron chi connectivity index (χ4n) is 1.52. The molecule has 2 N–H and O–H groups in total. The third-order valence-corrected chi connectivity index (χ3v) is 3.24. The number of halogens is 1. The molecule has 2 aromatic rings. The molecule has 0 spiro atoms. The fraction of sp³-hybridized carbons (Fsp3) is 0.273. The fourth-order valence-corrected chi connectivity index (χ4v) is 2.33. The zero-order valence-corrected chi connectivity index (χ0v) is 11.0. The molecule has 0 unspecified atom stereocenters. The molecule has 90 valence electrons. The van der Waals surface area contributed by atoms with Crippen LogP contribution >= 0.6 is 22.9 Å². The van der Waals surface area contributed by atoms with Gasteiger partial charge in [0.05, 0.1) is 6.54 Å². The van der Waals surface area contributed by atoms with Crippen molar-refractivity contribution >= 4 is 28.1 Å². The number of rotatable bonds is 4. The van der Waals surface area contributed by atoms with Gasteiger partial charge in [0.2, 0.25) is 5.13 Å². The lowest BCUT2D eigenvalue weighted by molar-refractivity contribution is 0.317. The predicted octanol–water partition coefficient (Wildman–Crippen LogP) is 2.41. The van der Waals surface area contributed by atoms with Crippen molar-refractivity contribution in [1.82, 2.24) is 15.1 Å². The molecule has 1 aromatic carbocycles. The smallest absolute Gasteiger partial charge is 0.203 e. The lowest BCUT2D eigenvalue weighted by Gasteiger charge is -2.14. The van der Waals surface area contributed by atoms with Gasteiger partial charge in [0, 0.05) is 11.6 Å². The molecule has 0 aliphatic carbocycles. The standard InChI is InChI=1S/C11H13ClN4S/c1-16(7-10-14-15-11(13)17-10)6-8-2-4-9(12)5-3-8/h2-5H,6-7H2,1H3,(H2,13,15). The zero-order valence-electron chi connectivity index (χ0n) is 9.43. The molecule has 17 heavy (non-hydrogen) atoms. The van der Waals surface area contributed by atoms with Gasteiger partial charge >= 0.3 is 0 Å². The van der Waals surface area contributed by atoms with Crippen LogP contribution in [-0.2, 0) is 13.1 Å². The molecular formula is C11H13ClN4S. The molecule has 0 amide bonds. The van der Waals surface area contributed by atoms with E-state index >= 15 is 0 Å². The van der Waals surface area contributed by atoms with Crippen LogP contribution in [0, 0.1) is 0 Å². The molecule has 0 bridgehead atoms. The average Bonchev–Trinajstić information content (AvgIpc) is 2.67. The Morgan fingerprint density at radius 2 is 1.94 bits per heavy atom. The topological polar surface area (TPSA) is 55.0 Å². The van der Waals surface area contributed by atoms with Crippen LogP contribution in [0.1, 0.15) is 10.6 Å². The predicted molar refractivity (Wildman–Crippen MR) is 70.9 cm³/mol. The van der Waals surface area contributed by atoms with Crippen LogP contribution in [0.3, 0.4) is 0 Å². The van der Waals surface area contributed by atoms with Crippen molar-refractivity contribution in [1.29, 1.82) is 0 Å². The Kier molecular flexibility index (Phi) is 3.93. The minimum absolute atomic E-state index is 0.514. The van der Waals surface area contributed by atoms with Crippen LogP contribution in [-0.4, -0.2) is 22.1 Å². The maximum absolute atomic E-state index is 5.84. The third-order valence-electron chi connectivity index (χ3n) is 2.25. The minimum atomic E-state index is 0.514. The van der Waals surface area contributed by atoms with Crippen molar-refractivity contribution in [2.24, 2.45) is 0 Å². The number of hydrogen-bond acceptors (Lipinski definition) is 5. The van der Waals surface area contributed by atoms with Crippen molar-refractivity contribution in [3.63, 3.8) is 0 Å². The molecular weight excluding hydrogens is 256 g/mol. The molecule has 1 heterocycles. The first-order valence-corrected chi connectivity index (χ1v) is 6.34. The molecule has 2 rings (SSSR count). The van der Waals surface area contributed by atoms with Gasteiger partial charge in [-0.15, -0.1) is 10.2 Å². The normalized spacial score (nSPS) is 11.0. The van der Waals surface area contributed by atoms with Crippen molar-refractivity contribution in [2.75, 3.05) is 12.8 Å². The first-order valence-electron chi connectivity index (χ1n) is 5.14. The van der Waals surface area contributed by atoms with E-state index in [1.165, 1.54) is 16.9 Å². The molecule has 0 fully saturated rings. The number of nitrogens with two attached hydrogens (primary N) is 1. The molecule has 4 nitrogen and oxygen atoms in total. The summed E-state index contributed by atoms with van der Waals surface area (Å²) in [5, 5.41) is 9.98. The summed E-state index contributed by atoms with van der Waals surface area (Å²) in [6, 6.07) is 7.84. The highest BCUT2D eigenvalue weighted by Gasteiger charge is 2.06. The quantitative estimate of drug-likeness (QED) is 0.925. The van der Waals surface area contributed by atoms with E-state index in [1.54, 1.807) is 0 Å². The number of nitrogens with zero attached hydrogens (tertiary/aromatic N) is 3. The van der Waals surface area contributed by atoms with Gasteiger partial charge in [-0.05, 0) is 24.7 Å². The van der Waals surface area contributed by atoms with Gasteiger partial charge in [0.1, 0.15) is 5.01 Å². The Hall–Kier alpha value is -1.17. The number of nitrogen functional groups attached to an aromatic ring is 1. The third kappa shape index (κ3) is 3.66. The van der Waals surface area contributed by atoms with Crippen LogP contribution < -0.4 is 5.73 Å². The highest BCUT2D eigenvalue weighted by molar-refractivity contribution is 7.15. The molecule has 0 aliphatic rings. The first-order chi connectivity index (χ1) is 8.13. The minimum Gasteiger partial charge on any atom is -0.374 e.